The molecule has 2 aliphatic rings. The molecule has 1 heteroatoms. The highest BCUT2D eigenvalue weighted by Crippen LogP contribution is 2.59. The SMILES string of the molecule is CC1C2=C(C=CCC2=O)C(C)(C)C1(C)C. The van der Waals surface area contributed by atoms with Crippen molar-refractivity contribution in [2.24, 2.45) is 16.7 Å². The number of carbonyl (C=O) groups is 1. The van der Waals surface area contributed by atoms with Crippen LogP contribution in [0.4, 0.5) is 0 Å². The zero-order valence-electron chi connectivity index (χ0n) is 10.3. The quantitative estimate of drug-likeness (QED) is 0.590. The van der Waals surface area contributed by atoms with Gasteiger partial charge in [0.15, 0.2) is 5.78 Å². The van der Waals surface area contributed by atoms with Crippen molar-refractivity contribution in [3.8, 4) is 0 Å². The first-order chi connectivity index (χ1) is 6.80. The lowest BCUT2D eigenvalue weighted by atomic mass is 9.64. The number of carbonyl (C=O) groups excluding carboxylic acids is 1. The summed E-state index contributed by atoms with van der Waals surface area (Å²) < 4.78 is 0. The van der Waals surface area contributed by atoms with Gasteiger partial charge in [-0.1, -0.05) is 46.8 Å². The summed E-state index contributed by atoms with van der Waals surface area (Å²) in [6.07, 6.45) is 4.77. The largest absolute Gasteiger partial charge is 0.294 e. The van der Waals surface area contributed by atoms with Gasteiger partial charge >= 0.3 is 0 Å². The van der Waals surface area contributed by atoms with E-state index in [4.69, 9.17) is 0 Å². The molecule has 0 aromatic carbocycles. The number of allylic oxidation sites excluding steroid dienone is 4. The number of ketones is 1. The Morgan fingerprint density at radius 3 is 2.40 bits per heavy atom. The maximum Gasteiger partial charge on any atom is 0.163 e. The molecule has 0 aliphatic heterocycles. The van der Waals surface area contributed by atoms with E-state index in [0.717, 1.165) is 5.57 Å². The van der Waals surface area contributed by atoms with Crippen LogP contribution in [-0.2, 0) is 4.79 Å². The summed E-state index contributed by atoms with van der Waals surface area (Å²) in [6, 6.07) is 0. The molecule has 0 fully saturated rings. The van der Waals surface area contributed by atoms with Crippen LogP contribution in [0.5, 0.6) is 0 Å². The molecule has 82 valence electrons. The lowest BCUT2D eigenvalue weighted by molar-refractivity contribution is -0.115. The van der Waals surface area contributed by atoms with Crippen LogP contribution >= 0.6 is 0 Å². The predicted octanol–water partition coefficient (Wildman–Crippen LogP) is 3.51. The summed E-state index contributed by atoms with van der Waals surface area (Å²) in [5.41, 5.74) is 2.64. The van der Waals surface area contributed by atoms with Crippen LogP contribution in [0.2, 0.25) is 0 Å². The summed E-state index contributed by atoms with van der Waals surface area (Å²) in [6.45, 7) is 11.3. The minimum Gasteiger partial charge on any atom is -0.294 e. The molecule has 0 aromatic heterocycles. The number of Topliss-reactive ketones (excluding diaryl/α,β-unsaturated/α-hetero) is 1. The highest BCUT2D eigenvalue weighted by Gasteiger charge is 2.52. The van der Waals surface area contributed by atoms with Gasteiger partial charge in [0.05, 0.1) is 0 Å². The number of hydrogen-bond acceptors (Lipinski definition) is 1. The van der Waals surface area contributed by atoms with Crippen molar-refractivity contribution >= 4 is 5.78 Å². The molecule has 0 spiro atoms. The molecule has 0 saturated carbocycles. The summed E-state index contributed by atoms with van der Waals surface area (Å²) in [4.78, 5) is 12.0. The van der Waals surface area contributed by atoms with E-state index in [9.17, 15) is 4.79 Å². The van der Waals surface area contributed by atoms with E-state index in [2.05, 4.69) is 40.7 Å². The molecular weight excluding hydrogens is 184 g/mol. The van der Waals surface area contributed by atoms with Gasteiger partial charge in [-0.2, -0.15) is 0 Å². The fraction of sp³-hybridized carbons (Fsp3) is 0.643. The van der Waals surface area contributed by atoms with Crippen molar-refractivity contribution in [2.45, 2.75) is 41.0 Å². The van der Waals surface area contributed by atoms with E-state index in [0.29, 0.717) is 18.1 Å². The van der Waals surface area contributed by atoms with Gasteiger partial charge in [-0.3, -0.25) is 4.79 Å². The van der Waals surface area contributed by atoms with E-state index in [1.165, 1.54) is 5.57 Å². The molecule has 0 saturated heterocycles. The third-order valence-electron chi connectivity index (χ3n) is 4.98. The first-order valence-corrected chi connectivity index (χ1v) is 5.74. The first-order valence-electron chi connectivity index (χ1n) is 5.74. The molecule has 2 rings (SSSR count). The van der Waals surface area contributed by atoms with E-state index in [1.807, 2.05) is 6.08 Å². The lowest BCUT2D eigenvalue weighted by Crippen LogP contribution is -2.33. The van der Waals surface area contributed by atoms with Gasteiger partial charge in [0, 0.05) is 12.0 Å². The zero-order chi connectivity index (χ0) is 11.4. The van der Waals surface area contributed by atoms with Gasteiger partial charge < -0.3 is 0 Å². The van der Waals surface area contributed by atoms with Gasteiger partial charge in [0.25, 0.3) is 0 Å². The molecule has 0 aromatic rings. The average molecular weight is 204 g/mol. The minimum atomic E-state index is 0.105. The highest BCUT2D eigenvalue weighted by molar-refractivity contribution is 6.00. The van der Waals surface area contributed by atoms with Crippen LogP contribution < -0.4 is 0 Å². The smallest absolute Gasteiger partial charge is 0.163 e. The summed E-state index contributed by atoms with van der Waals surface area (Å²) >= 11 is 0. The second-order valence-electron chi connectivity index (χ2n) is 5.93. The van der Waals surface area contributed by atoms with Crippen molar-refractivity contribution in [1.82, 2.24) is 0 Å². The lowest BCUT2D eigenvalue weighted by Gasteiger charge is -2.39. The second kappa shape index (κ2) is 2.84. The molecule has 0 heterocycles. The van der Waals surface area contributed by atoms with E-state index >= 15 is 0 Å². The zero-order valence-corrected chi connectivity index (χ0v) is 10.3. The van der Waals surface area contributed by atoms with Crippen molar-refractivity contribution in [3.05, 3.63) is 23.3 Å². The normalized spacial score (nSPS) is 32.1. The molecule has 0 amide bonds. The second-order valence-corrected chi connectivity index (χ2v) is 5.93. The number of rotatable bonds is 0. The Hall–Kier alpha value is -0.850. The Balaban J connectivity index is 2.62. The van der Waals surface area contributed by atoms with Gasteiger partial charge in [0.1, 0.15) is 0 Å². The maximum atomic E-state index is 12.0. The summed E-state index contributed by atoms with van der Waals surface area (Å²) in [5.74, 6) is 0.707. The topological polar surface area (TPSA) is 17.1 Å². The maximum absolute atomic E-state index is 12.0. The van der Waals surface area contributed by atoms with Gasteiger partial charge in [-0.05, 0) is 22.3 Å². The van der Waals surface area contributed by atoms with Crippen molar-refractivity contribution in [3.63, 3.8) is 0 Å². The highest BCUT2D eigenvalue weighted by atomic mass is 16.1. The molecule has 0 radical (unpaired) electrons. The Labute approximate surface area is 92.3 Å². The fourth-order valence-electron chi connectivity index (χ4n) is 2.90. The van der Waals surface area contributed by atoms with Crippen LogP contribution in [0, 0.1) is 16.7 Å². The Kier molecular flexibility index (Phi) is 2.02. The fourth-order valence-corrected chi connectivity index (χ4v) is 2.90. The molecule has 0 bridgehead atoms. The van der Waals surface area contributed by atoms with Gasteiger partial charge in [-0.15, -0.1) is 0 Å². The summed E-state index contributed by atoms with van der Waals surface area (Å²) in [7, 11) is 0. The van der Waals surface area contributed by atoms with Crippen LogP contribution in [0.25, 0.3) is 0 Å². The van der Waals surface area contributed by atoms with Crippen LogP contribution in [0.1, 0.15) is 41.0 Å². The van der Waals surface area contributed by atoms with E-state index in [-0.39, 0.29) is 10.8 Å². The average Bonchev–Trinajstić information content (AvgIpc) is 2.27. The van der Waals surface area contributed by atoms with Crippen LogP contribution in [0.3, 0.4) is 0 Å². The molecule has 1 nitrogen and oxygen atoms in total. The molecule has 1 unspecified atom stereocenters. The molecule has 0 N–H and O–H groups in total. The molecular formula is C14H20O. The third kappa shape index (κ3) is 1.12. The van der Waals surface area contributed by atoms with Gasteiger partial charge in [0.2, 0.25) is 0 Å². The van der Waals surface area contributed by atoms with Crippen LogP contribution in [0.15, 0.2) is 23.3 Å². The van der Waals surface area contributed by atoms with E-state index in [1.54, 1.807) is 0 Å². The minimum absolute atomic E-state index is 0.105. The Morgan fingerprint density at radius 2 is 1.87 bits per heavy atom. The third-order valence-corrected chi connectivity index (χ3v) is 4.98. The Morgan fingerprint density at radius 1 is 1.27 bits per heavy atom. The summed E-state index contributed by atoms with van der Waals surface area (Å²) in [5, 5.41) is 0. The standard InChI is InChI=1S/C14H20O/c1-9-12-10(7-6-8-11(12)15)14(4,5)13(9,2)3/h6-7,9H,8H2,1-5H3. The molecule has 1 atom stereocenters. The van der Waals surface area contributed by atoms with Crippen molar-refractivity contribution in [2.75, 3.05) is 0 Å². The van der Waals surface area contributed by atoms with Crippen molar-refractivity contribution < 1.29 is 4.79 Å². The Bertz CT molecular complexity index is 380. The monoisotopic (exact) mass is 204 g/mol. The molecule has 2 aliphatic carbocycles. The predicted molar refractivity (Wildman–Crippen MR) is 62.5 cm³/mol. The van der Waals surface area contributed by atoms with Gasteiger partial charge in [-0.25, -0.2) is 0 Å². The van der Waals surface area contributed by atoms with E-state index < -0.39 is 0 Å². The number of hydrogen-bond donors (Lipinski definition) is 0. The molecule has 15 heavy (non-hydrogen) atoms. The van der Waals surface area contributed by atoms with Crippen LogP contribution in [-0.4, -0.2) is 5.78 Å². The first kappa shape index (κ1) is 10.7. The van der Waals surface area contributed by atoms with Crippen molar-refractivity contribution in [1.29, 1.82) is 0 Å².